The zero-order valence-electron chi connectivity index (χ0n) is 17.1. The molecule has 0 aliphatic heterocycles. The van der Waals surface area contributed by atoms with Crippen LogP contribution in [0, 0.1) is 6.92 Å². The van der Waals surface area contributed by atoms with Gasteiger partial charge in [-0.25, -0.2) is 4.98 Å². The average molecular weight is 468 g/mol. The van der Waals surface area contributed by atoms with Crippen molar-refractivity contribution in [1.29, 1.82) is 0 Å². The average Bonchev–Trinajstić information content (AvgIpc) is 3.40. The molecule has 0 spiro atoms. The van der Waals surface area contributed by atoms with Gasteiger partial charge in [0.25, 0.3) is 5.56 Å². The summed E-state index contributed by atoms with van der Waals surface area (Å²) in [6, 6.07) is 14.2. The zero-order valence-corrected chi connectivity index (χ0v) is 17.9. The van der Waals surface area contributed by atoms with Crippen molar-refractivity contribution in [3.05, 3.63) is 87.6 Å². The third-order valence-electron chi connectivity index (χ3n) is 5.14. The summed E-state index contributed by atoms with van der Waals surface area (Å²) in [4.78, 5) is 23.5. The van der Waals surface area contributed by atoms with Crippen molar-refractivity contribution in [1.82, 2.24) is 19.7 Å². The molecule has 0 bridgehead atoms. The summed E-state index contributed by atoms with van der Waals surface area (Å²) in [5.74, 6) is 0.0911. The Morgan fingerprint density at radius 3 is 2.58 bits per heavy atom. The van der Waals surface area contributed by atoms with Gasteiger partial charge < -0.3 is 4.52 Å². The van der Waals surface area contributed by atoms with Crippen LogP contribution in [0.1, 0.15) is 16.3 Å². The highest BCUT2D eigenvalue weighted by Crippen LogP contribution is 2.35. The van der Waals surface area contributed by atoms with Crippen LogP contribution >= 0.6 is 11.3 Å². The maximum Gasteiger partial charge on any atom is 0.416 e. The van der Waals surface area contributed by atoms with Crippen molar-refractivity contribution in [2.24, 2.45) is 0 Å². The van der Waals surface area contributed by atoms with Gasteiger partial charge in [-0.3, -0.25) is 9.36 Å². The number of aromatic nitrogens is 4. The van der Waals surface area contributed by atoms with E-state index in [1.165, 1.54) is 34.4 Å². The maximum absolute atomic E-state index is 13.3. The number of halogens is 3. The first-order chi connectivity index (χ1) is 15.8. The predicted octanol–water partition coefficient (Wildman–Crippen LogP) is 5.55. The zero-order chi connectivity index (χ0) is 23.2. The van der Waals surface area contributed by atoms with Crippen molar-refractivity contribution >= 4 is 21.6 Å². The molecule has 0 fully saturated rings. The first kappa shape index (κ1) is 21.1. The van der Waals surface area contributed by atoms with Crippen LogP contribution in [0.5, 0.6) is 0 Å². The van der Waals surface area contributed by atoms with Gasteiger partial charge in [-0.1, -0.05) is 47.6 Å². The smallest absolute Gasteiger partial charge is 0.337 e. The van der Waals surface area contributed by atoms with Gasteiger partial charge in [-0.05, 0) is 24.6 Å². The topological polar surface area (TPSA) is 73.8 Å². The molecule has 0 saturated carbocycles. The molecule has 10 heteroatoms. The Kier molecular flexibility index (Phi) is 5.09. The summed E-state index contributed by atoms with van der Waals surface area (Å²) in [6.07, 6.45) is -3.07. The van der Waals surface area contributed by atoms with Crippen molar-refractivity contribution in [3.8, 4) is 22.5 Å². The number of benzene rings is 2. The largest absolute Gasteiger partial charge is 0.416 e. The van der Waals surface area contributed by atoms with E-state index in [1.54, 1.807) is 0 Å². The molecule has 3 aromatic heterocycles. The molecule has 2 aromatic carbocycles. The fraction of sp³-hybridized carbons (Fsp3) is 0.130. The number of thiophene rings is 1. The molecule has 0 atom stereocenters. The third kappa shape index (κ3) is 3.93. The van der Waals surface area contributed by atoms with E-state index in [0.29, 0.717) is 10.2 Å². The normalized spacial score (nSPS) is 11.9. The van der Waals surface area contributed by atoms with Crippen LogP contribution in [0.4, 0.5) is 13.2 Å². The van der Waals surface area contributed by atoms with E-state index in [0.717, 1.165) is 28.1 Å². The molecule has 0 aliphatic carbocycles. The lowest BCUT2D eigenvalue weighted by molar-refractivity contribution is -0.137. The van der Waals surface area contributed by atoms with Crippen LogP contribution in [-0.2, 0) is 12.7 Å². The van der Waals surface area contributed by atoms with Crippen molar-refractivity contribution in [2.75, 3.05) is 0 Å². The summed E-state index contributed by atoms with van der Waals surface area (Å²) < 4.78 is 45.6. The second-order valence-electron chi connectivity index (χ2n) is 7.35. The van der Waals surface area contributed by atoms with Gasteiger partial charge in [0.15, 0.2) is 0 Å². The highest BCUT2D eigenvalue weighted by atomic mass is 32.1. The minimum Gasteiger partial charge on any atom is -0.337 e. The lowest BCUT2D eigenvalue weighted by atomic mass is 10.0. The molecule has 0 aliphatic rings. The molecular weight excluding hydrogens is 453 g/mol. The number of hydrogen-bond acceptors (Lipinski definition) is 6. The Bertz CT molecular complexity index is 1520. The van der Waals surface area contributed by atoms with Crippen LogP contribution in [0.15, 0.2) is 70.2 Å². The van der Waals surface area contributed by atoms with Crippen LogP contribution < -0.4 is 5.56 Å². The minimum absolute atomic E-state index is 0.00883. The van der Waals surface area contributed by atoms with E-state index in [4.69, 9.17) is 4.52 Å². The standard InChI is InChI=1S/C23H15F3N4O2S/c1-13-18(14-6-3-2-4-7-14)19-21(33-13)27-12-30(22(19)31)11-17-28-20(29-32-17)15-8-5-9-16(10-15)23(24,25)26/h2-10,12H,11H2,1H3. The first-order valence-electron chi connectivity index (χ1n) is 9.85. The lowest BCUT2D eigenvalue weighted by Gasteiger charge is -2.06. The Hall–Kier alpha value is -3.79. The molecule has 0 radical (unpaired) electrons. The summed E-state index contributed by atoms with van der Waals surface area (Å²) >= 11 is 1.44. The van der Waals surface area contributed by atoms with Gasteiger partial charge in [0.05, 0.1) is 17.3 Å². The number of alkyl halides is 3. The second kappa shape index (κ2) is 7.96. The summed E-state index contributed by atoms with van der Waals surface area (Å²) in [7, 11) is 0. The van der Waals surface area contributed by atoms with E-state index in [1.807, 2.05) is 37.3 Å². The summed E-state index contributed by atoms with van der Waals surface area (Å²) in [6.45, 7) is 1.88. The van der Waals surface area contributed by atoms with Crippen molar-refractivity contribution < 1.29 is 17.7 Å². The molecule has 3 heterocycles. The summed E-state index contributed by atoms with van der Waals surface area (Å²) in [5, 5.41) is 4.28. The maximum atomic E-state index is 13.3. The van der Waals surface area contributed by atoms with Crippen LogP contribution in [-0.4, -0.2) is 19.7 Å². The van der Waals surface area contributed by atoms with E-state index >= 15 is 0 Å². The molecule has 33 heavy (non-hydrogen) atoms. The highest BCUT2D eigenvalue weighted by Gasteiger charge is 2.30. The molecule has 0 amide bonds. The van der Waals surface area contributed by atoms with E-state index in [2.05, 4.69) is 15.1 Å². The molecule has 0 unspecified atom stereocenters. The van der Waals surface area contributed by atoms with E-state index in [-0.39, 0.29) is 29.4 Å². The molecule has 5 rings (SSSR count). The Balaban J connectivity index is 1.51. The Morgan fingerprint density at radius 1 is 1.06 bits per heavy atom. The van der Waals surface area contributed by atoms with E-state index in [9.17, 15) is 18.0 Å². The number of hydrogen-bond donors (Lipinski definition) is 0. The van der Waals surface area contributed by atoms with Gasteiger partial charge in [0, 0.05) is 16.0 Å². The number of rotatable bonds is 4. The van der Waals surface area contributed by atoms with Gasteiger partial charge in [0.1, 0.15) is 11.4 Å². The highest BCUT2D eigenvalue weighted by molar-refractivity contribution is 7.19. The molecule has 0 N–H and O–H groups in total. The molecule has 5 aromatic rings. The molecular formula is C23H15F3N4O2S. The Labute approximate surface area is 189 Å². The molecule has 0 saturated heterocycles. The quantitative estimate of drug-likeness (QED) is 0.346. The SMILES string of the molecule is Cc1sc2ncn(Cc3nc(-c4cccc(C(F)(F)F)c4)no3)c(=O)c2c1-c1ccccc1. The molecule has 166 valence electrons. The second-order valence-corrected chi connectivity index (χ2v) is 8.55. The van der Waals surface area contributed by atoms with Crippen molar-refractivity contribution in [2.45, 2.75) is 19.6 Å². The van der Waals surface area contributed by atoms with Crippen LogP contribution in [0.25, 0.3) is 32.7 Å². The number of nitrogens with zero attached hydrogens (tertiary/aromatic N) is 4. The Morgan fingerprint density at radius 2 is 1.82 bits per heavy atom. The summed E-state index contributed by atoms with van der Waals surface area (Å²) in [5.41, 5.74) is 0.848. The predicted molar refractivity (Wildman–Crippen MR) is 118 cm³/mol. The molecule has 6 nitrogen and oxygen atoms in total. The van der Waals surface area contributed by atoms with Gasteiger partial charge >= 0.3 is 6.18 Å². The number of aryl methyl sites for hydroxylation is 1. The van der Waals surface area contributed by atoms with Crippen LogP contribution in [0.2, 0.25) is 0 Å². The fourth-order valence-corrected chi connectivity index (χ4v) is 4.62. The fourth-order valence-electron chi connectivity index (χ4n) is 3.62. The number of fused-ring (bicyclic) bond motifs is 1. The monoisotopic (exact) mass is 468 g/mol. The van der Waals surface area contributed by atoms with Gasteiger partial charge in [-0.15, -0.1) is 11.3 Å². The van der Waals surface area contributed by atoms with Crippen molar-refractivity contribution in [3.63, 3.8) is 0 Å². The minimum atomic E-state index is -4.48. The first-order valence-corrected chi connectivity index (χ1v) is 10.7. The lowest BCUT2D eigenvalue weighted by Crippen LogP contribution is -2.21. The van der Waals surface area contributed by atoms with E-state index < -0.39 is 11.7 Å². The third-order valence-corrected chi connectivity index (χ3v) is 6.15. The van der Waals surface area contributed by atoms with Gasteiger partial charge in [-0.2, -0.15) is 18.2 Å². The van der Waals surface area contributed by atoms with Gasteiger partial charge in [0.2, 0.25) is 11.7 Å². The van der Waals surface area contributed by atoms with Crippen LogP contribution in [0.3, 0.4) is 0 Å².